The van der Waals surface area contributed by atoms with E-state index in [0.717, 1.165) is 29.3 Å². The van der Waals surface area contributed by atoms with Crippen LogP contribution in [0.15, 0.2) is 83.3 Å². The smallest absolute Gasteiger partial charge is 0.344 e. The molecule has 2 aromatic heterocycles. The van der Waals surface area contributed by atoms with Gasteiger partial charge in [-0.15, -0.1) is 0 Å². The maximum atomic E-state index is 13.6. The predicted octanol–water partition coefficient (Wildman–Crippen LogP) is 6.99. The summed E-state index contributed by atoms with van der Waals surface area (Å²) in [6, 6.07) is 24.4. The van der Waals surface area contributed by atoms with Crippen LogP contribution in [0.2, 0.25) is 0 Å². The number of para-hydroxylation sites is 2. The van der Waals surface area contributed by atoms with E-state index in [1.54, 1.807) is 18.2 Å². The van der Waals surface area contributed by atoms with Crippen LogP contribution in [0.3, 0.4) is 0 Å². The molecule has 0 bridgehead atoms. The van der Waals surface area contributed by atoms with Crippen molar-refractivity contribution in [3.05, 3.63) is 100 Å². The molecule has 0 aliphatic carbocycles. The predicted molar refractivity (Wildman–Crippen MR) is 152 cm³/mol. The summed E-state index contributed by atoms with van der Waals surface area (Å²) in [5.41, 5.74) is 3.88. The van der Waals surface area contributed by atoms with Gasteiger partial charge in [0.2, 0.25) is 0 Å². The highest BCUT2D eigenvalue weighted by atomic mass is 79.9. The molecule has 0 saturated heterocycles. The number of aromatic nitrogens is 3. The molecule has 5 rings (SSSR count). The van der Waals surface area contributed by atoms with E-state index in [-0.39, 0.29) is 18.1 Å². The molecule has 192 valence electrons. The van der Waals surface area contributed by atoms with Crippen molar-refractivity contribution in [1.29, 1.82) is 0 Å². The number of hydrogen-bond donors (Lipinski definition) is 1. The first kappa shape index (κ1) is 25.6. The molecule has 0 fully saturated rings. The number of ether oxygens (including phenoxy) is 1. The Hall–Kier alpha value is -4.04. The molecule has 1 N–H and O–H groups in total. The lowest BCUT2D eigenvalue weighted by atomic mass is 10.2. The number of hydrogen-bond acceptors (Lipinski definition) is 5. The molecule has 38 heavy (non-hydrogen) atoms. The summed E-state index contributed by atoms with van der Waals surface area (Å²) in [4.78, 5) is 36.7. The number of nitrogens with one attached hydrogen (secondary N) is 1. The lowest BCUT2D eigenvalue weighted by Gasteiger charge is -2.13. The van der Waals surface area contributed by atoms with E-state index < -0.39 is 5.97 Å². The minimum Gasteiger partial charge on any atom is -0.462 e. The highest BCUT2D eigenvalue weighted by molar-refractivity contribution is 9.10. The van der Waals surface area contributed by atoms with E-state index >= 15 is 0 Å². The summed E-state index contributed by atoms with van der Waals surface area (Å²) in [7, 11) is 0. The van der Waals surface area contributed by atoms with Gasteiger partial charge in [-0.2, -0.15) is 0 Å². The Kier molecular flexibility index (Phi) is 7.79. The fourth-order valence-electron chi connectivity index (χ4n) is 4.34. The molecule has 3 aromatic carbocycles. The van der Waals surface area contributed by atoms with Crippen molar-refractivity contribution in [2.45, 2.75) is 32.7 Å². The maximum Gasteiger partial charge on any atom is 0.344 e. The van der Waals surface area contributed by atoms with Gasteiger partial charge in [0, 0.05) is 10.0 Å². The lowest BCUT2D eigenvalue weighted by molar-refractivity contribution is 0.0501. The van der Waals surface area contributed by atoms with Crippen molar-refractivity contribution < 1.29 is 14.3 Å². The number of rotatable bonds is 9. The molecule has 0 spiro atoms. The van der Waals surface area contributed by atoms with Gasteiger partial charge in [-0.1, -0.05) is 84.2 Å². The molecule has 0 saturated carbocycles. The normalized spacial score (nSPS) is 11.1. The molecular weight excluding hydrogens is 544 g/mol. The molecule has 0 aliphatic heterocycles. The third kappa shape index (κ3) is 5.45. The average Bonchev–Trinajstić information content (AvgIpc) is 3.21. The fourth-order valence-corrected chi connectivity index (χ4v) is 4.74. The molecule has 2 heterocycles. The number of nitrogens with zero attached hydrogens (tertiary/aromatic N) is 3. The summed E-state index contributed by atoms with van der Waals surface area (Å²) in [6.07, 6.45) is 2.73. The van der Waals surface area contributed by atoms with Gasteiger partial charge in [0.25, 0.3) is 5.91 Å². The quantitative estimate of drug-likeness (QED) is 0.152. The molecule has 0 atom stereocenters. The highest BCUT2D eigenvalue weighted by Crippen LogP contribution is 2.32. The molecule has 0 aliphatic rings. The summed E-state index contributed by atoms with van der Waals surface area (Å²) in [6.45, 7) is 2.76. The molecule has 1 amide bonds. The van der Waals surface area contributed by atoms with Crippen LogP contribution in [0.4, 0.5) is 5.82 Å². The fraction of sp³-hybridized carbons (Fsp3) is 0.200. The number of anilines is 1. The molecule has 7 nitrogen and oxygen atoms in total. The minimum absolute atomic E-state index is 0.203. The maximum absolute atomic E-state index is 13.6. The Morgan fingerprint density at radius 2 is 1.66 bits per heavy atom. The number of amides is 1. The van der Waals surface area contributed by atoms with Crippen LogP contribution in [-0.4, -0.2) is 33.0 Å². The minimum atomic E-state index is -0.535. The van der Waals surface area contributed by atoms with E-state index in [1.165, 1.54) is 0 Å². The van der Waals surface area contributed by atoms with Gasteiger partial charge < -0.3 is 14.6 Å². The molecule has 0 radical (unpaired) electrons. The number of esters is 1. The van der Waals surface area contributed by atoms with E-state index in [1.807, 2.05) is 65.2 Å². The van der Waals surface area contributed by atoms with Crippen molar-refractivity contribution in [1.82, 2.24) is 14.5 Å². The zero-order valence-corrected chi connectivity index (χ0v) is 22.6. The third-order valence-electron chi connectivity index (χ3n) is 6.24. The van der Waals surface area contributed by atoms with Crippen molar-refractivity contribution in [3.8, 4) is 0 Å². The van der Waals surface area contributed by atoms with Crippen LogP contribution in [0.25, 0.3) is 22.2 Å². The second kappa shape index (κ2) is 11.6. The Morgan fingerprint density at radius 3 is 2.39 bits per heavy atom. The van der Waals surface area contributed by atoms with Crippen molar-refractivity contribution in [3.63, 3.8) is 0 Å². The Balaban J connectivity index is 1.69. The first-order chi connectivity index (χ1) is 18.5. The number of halogens is 1. The van der Waals surface area contributed by atoms with Gasteiger partial charge in [-0.3, -0.25) is 4.79 Å². The number of carbonyl (C=O) groups excluding carboxylic acids is 2. The largest absolute Gasteiger partial charge is 0.462 e. The van der Waals surface area contributed by atoms with Gasteiger partial charge in [0.05, 0.1) is 24.2 Å². The SMILES string of the molecule is CCCCCOC(=O)c1c(NC(=O)c2cccc(Br)c2)n(Cc2ccccc2)c2nc3ccccc3nc12. The van der Waals surface area contributed by atoms with Crippen LogP contribution in [0.5, 0.6) is 0 Å². The van der Waals surface area contributed by atoms with Crippen LogP contribution >= 0.6 is 15.9 Å². The second-order valence-electron chi connectivity index (χ2n) is 8.99. The van der Waals surface area contributed by atoms with Gasteiger partial charge >= 0.3 is 5.97 Å². The number of carbonyl (C=O) groups is 2. The van der Waals surface area contributed by atoms with E-state index in [4.69, 9.17) is 14.7 Å². The molecule has 8 heteroatoms. The number of benzene rings is 3. The highest BCUT2D eigenvalue weighted by Gasteiger charge is 2.28. The van der Waals surface area contributed by atoms with Crippen molar-refractivity contribution >= 4 is 55.8 Å². The Labute approximate surface area is 229 Å². The molecule has 5 aromatic rings. The number of fused-ring (bicyclic) bond motifs is 2. The molecule has 0 unspecified atom stereocenters. The van der Waals surface area contributed by atoms with Gasteiger partial charge in [-0.05, 0) is 42.3 Å². The van der Waals surface area contributed by atoms with E-state index in [0.29, 0.717) is 40.1 Å². The third-order valence-corrected chi connectivity index (χ3v) is 6.73. The summed E-state index contributed by atoms with van der Waals surface area (Å²) in [5, 5.41) is 2.99. The molecular formula is C30H27BrN4O3. The monoisotopic (exact) mass is 570 g/mol. The first-order valence-electron chi connectivity index (χ1n) is 12.6. The summed E-state index contributed by atoms with van der Waals surface area (Å²) in [5.74, 6) is -0.579. The van der Waals surface area contributed by atoms with Gasteiger partial charge in [0.15, 0.2) is 5.65 Å². The van der Waals surface area contributed by atoms with Crippen molar-refractivity contribution in [2.24, 2.45) is 0 Å². The first-order valence-corrected chi connectivity index (χ1v) is 13.4. The van der Waals surface area contributed by atoms with Crippen LogP contribution in [0, 0.1) is 0 Å². The van der Waals surface area contributed by atoms with Crippen LogP contribution in [0.1, 0.15) is 52.5 Å². The topological polar surface area (TPSA) is 86.1 Å². The van der Waals surface area contributed by atoms with E-state index in [9.17, 15) is 9.59 Å². The van der Waals surface area contributed by atoms with Gasteiger partial charge in [0.1, 0.15) is 16.9 Å². The van der Waals surface area contributed by atoms with Crippen LogP contribution in [-0.2, 0) is 11.3 Å². The summed E-state index contributed by atoms with van der Waals surface area (Å²) >= 11 is 3.43. The second-order valence-corrected chi connectivity index (χ2v) is 9.90. The van der Waals surface area contributed by atoms with Crippen LogP contribution < -0.4 is 5.32 Å². The zero-order valence-electron chi connectivity index (χ0n) is 21.0. The number of unbranched alkanes of at least 4 members (excludes halogenated alkanes) is 2. The van der Waals surface area contributed by atoms with Gasteiger partial charge in [-0.25, -0.2) is 14.8 Å². The summed E-state index contributed by atoms with van der Waals surface area (Å²) < 4.78 is 8.30. The Morgan fingerprint density at radius 1 is 0.921 bits per heavy atom. The lowest BCUT2D eigenvalue weighted by Crippen LogP contribution is -2.19. The standard InChI is InChI=1S/C30H27BrN4O3/c1-2-3-9-17-38-30(37)25-26-28(33-24-16-8-7-15-23(24)32-26)35(19-20-11-5-4-6-12-20)27(25)34-29(36)21-13-10-14-22(31)18-21/h4-8,10-16,18H,2-3,9,17,19H2,1H3,(H,34,36). The van der Waals surface area contributed by atoms with E-state index in [2.05, 4.69) is 28.2 Å². The van der Waals surface area contributed by atoms with Crippen molar-refractivity contribution in [2.75, 3.05) is 11.9 Å². The Bertz CT molecular complexity index is 1610. The zero-order chi connectivity index (χ0) is 26.5. The average molecular weight is 571 g/mol.